The molecule has 3 aromatic rings. The first-order valence-electron chi connectivity index (χ1n) is 7.71. The van der Waals surface area contributed by atoms with Crippen LogP contribution < -0.4 is 0 Å². The van der Waals surface area contributed by atoms with Crippen LogP contribution in [0.15, 0.2) is 67.3 Å². The molecule has 4 rings (SSSR count). The van der Waals surface area contributed by atoms with Crippen LogP contribution in [0.3, 0.4) is 0 Å². The van der Waals surface area contributed by atoms with E-state index < -0.39 is 0 Å². The molecule has 0 N–H and O–H groups in total. The van der Waals surface area contributed by atoms with Crippen molar-refractivity contribution in [1.29, 1.82) is 0 Å². The van der Waals surface area contributed by atoms with Crippen molar-refractivity contribution in [2.75, 3.05) is 0 Å². The first-order valence-corrected chi connectivity index (χ1v) is 7.71. The van der Waals surface area contributed by atoms with E-state index in [9.17, 15) is 0 Å². The van der Waals surface area contributed by atoms with Gasteiger partial charge in [0, 0.05) is 0 Å². The third-order valence-corrected chi connectivity index (χ3v) is 4.72. The number of hydrogen-bond donors (Lipinski definition) is 0. The SMILES string of the molecule is C=C/C(=C\C)c1ccc2c3c(ccc(C)c13)-c1ccccc1-2. The lowest BCUT2D eigenvalue weighted by Gasteiger charge is -2.12. The molecule has 0 bridgehead atoms. The molecule has 0 amide bonds. The van der Waals surface area contributed by atoms with E-state index in [1.807, 2.05) is 6.08 Å². The van der Waals surface area contributed by atoms with Gasteiger partial charge in [0.05, 0.1) is 0 Å². The quantitative estimate of drug-likeness (QED) is 0.374. The van der Waals surface area contributed by atoms with Crippen molar-refractivity contribution in [2.24, 2.45) is 0 Å². The minimum atomic E-state index is 1.20. The van der Waals surface area contributed by atoms with Crippen molar-refractivity contribution in [3.8, 4) is 22.3 Å². The van der Waals surface area contributed by atoms with Gasteiger partial charge in [0.1, 0.15) is 0 Å². The van der Waals surface area contributed by atoms with Crippen LogP contribution in [0.25, 0.3) is 38.6 Å². The average molecular weight is 282 g/mol. The Labute approximate surface area is 131 Å². The topological polar surface area (TPSA) is 0 Å². The minimum absolute atomic E-state index is 1.20. The fourth-order valence-corrected chi connectivity index (χ4v) is 3.69. The molecule has 0 aromatic heterocycles. The van der Waals surface area contributed by atoms with Gasteiger partial charge in [0.15, 0.2) is 0 Å². The van der Waals surface area contributed by atoms with Crippen molar-refractivity contribution < 1.29 is 0 Å². The normalized spacial score (nSPS) is 12.5. The highest BCUT2D eigenvalue weighted by atomic mass is 14.3. The largest absolute Gasteiger partial charge is 0.0985 e. The number of fused-ring (bicyclic) bond motifs is 3. The number of aryl methyl sites for hydroxylation is 1. The number of benzene rings is 3. The summed E-state index contributed by atoms with van der Waals surface area (Å²) in [4.78, 5) is 0. The molecular weight excluding hydrogens is 264 g/mol. The predicted octanol–water partition coefficient (Wildman–Crippen LogP) is 6.38. The van der Waals surface area contributed by atoms with Gasteiger partial charge in [-0.15, -0.1) is 0 Å². The van der Waals surface area contributed by atoms with Crippen LogP contribution in [0.4, 0.5) is 0 Å². The van der Waals surface area contributed by atoms with E-state index in [4.69, 9.17) is 0 Å². The number of rotatable bonds is 2. The van der Waals surface area contributed by atoms with Crippen LogP contribution in [0.1, 0.15) is 18.1 Å². The summed E-state index contributed by atoms with van der Waals surface area (Å²) < 4.78 is 0. The van der Waals surface area contributed by atoms with E-state index in [2.05, 4.69) is 75.0 Å². The van der Waals surface area contributed by atoms with Gasteiger partial charge in [0.25, 0.3) is 0 Å². The summed E-state index contributed by atoms with van der Waals surface area (Å²) in [7, 11) is 0. The van der Waals surface area contributed by atoms with E-state index in [0.29, 0.717) is 0 Å². The van der Waals surface area contributed by atoms with Gasteiger partial charge in [-0.25, -0.2) is 0 Å². The molecule has 0 radical (unpaired) electrons. The number of hydrogen-bond acceptors (Lipinski definition) is 0. The zero-order chi connectivity index (χ0) is 15.3. The second kappa shape index (κ2) is 4.71. The Morgan fingerprint density at radius 1 is 0.818 bits per heavy atom. The summed E-state index contributed by atoms with van der Waals surface area (Å²) in [6.45, 7) is 8.25. The summed E-state index contributed by atoms with van der Waals surface area (Å²) >= 11 is 0. The first-order chi connectivity index (χ1) is 10.8. The molecule has 1 aliphatic carbocycles. The van der Waals surface area contributed by atoms with Gasteiger partial charge in [0.2, 0.25) is 0 Å². The summed E-state index contributed by atoms with van der Waals surface area (Å²) in [6.07, 6.45) is 4.09. The molecule has 1 aliphatic rings. The lowest BCUT2D eigenvalue weighted by atomic mass is 9.91. The van der Waals surface area contributed by atoms with Gasteiger partial charge >= 0.3 is 0 Å². The third-order valence-electron chi connectivity index (χ3n) is 4.72. The van der Waals surface area contributed by atoms with Gasteiger partial charge in [-0.05, 0) is 63.6 Å². The lowest BCUT2D eigenvalue weighted by Crippen LogP contribution is -1.89. The Bertz CT molecular complexity index is 926. The summed E-state index contributed by atoms with van der Waals surface area (Å²) in [6, 6.07) is 17.7. The lowest BCUT2D eigenvalue weighted by molar-refractivity contribution is 1.52. The summed E-state index contributed by atoms with van der Waals surface area (Å²) in [5.41, 5.74) is 9.21. The Morgan fingerprint density at radius 2 is 1.45 bits per heavy atom. The molecule has 0 saturated heterocycles. The molecular formula is C22H18. The van der Waals surface area contributed by atoms with E-state index in [1.165, 1.54) is 49.7 Å². The minimum Gasteiger partial charge on any atom is -0.0985 e. The summed E-state index contributed by atoms with van der Waals surface area (Å²) in [5, 5.41) is 2.75. The monoisotopic (exact) mass is 282 g/mol. The van der Waals surface area contributed by atoms with E-state index in [-0.39, 0.29) is 0 Å². The molecule has 22 heavy (non-hydrogen) atoms. The van der Waals surface area contributed by atoms with Crippen molar-refractivity contribution in [1.82, 2.24) is 0 Å². The van der Waals surface area contributed by atoms with Crippen LogP contribution in [-0.4, -0.2) is 0 Å². The number of allylic oxidation sites excluding steroid dienone is 3. The van der Waals surface area contributed by atoms with Crippen LogP contribution in [-0.2, 0) is 0 Å². The molecule has 0 heteroatoms. The third kappa shape index (κ3) is 1.58. The van der Waals surface area contributed by atoms with Gasteiger partial charge in [-0.3, -0.25) is 0 Å². The van der Waals surface area contributed by atoms with E-state index in [0.717, 1.165) is 0 Å². The highest BCUT2D eigenvalue weighted by Gasteiger charge is 2.23. The molecule has 0 saturated carbocycles. The maximum absolute atomic E-state index is 3.98. The van der Waals surface area contributed by atoms with Crippen LogP contribution in [0.5, 0.6) is 0 Å². The van der Waals surface area contributed by atoms with E-state index >= 15 is 0 Å². The van der Waals surface area contributed by atoms with Gasteiger partial charge in [-0.2, -0.15) is 0 Å². The molecule has 0 aliphatic heterocycles. The Hall–Kier alpha value is -2.60. The van der Waals surface area contributed by atoms with Crippen molar-refractivity contribution in [3.63, 3.8) is 0 Å². The van der Waals surface area contributed by atoms with Crippen LogP contribution in [0.2, 0.25) is 0 Å². The molecule has 0 nitrogen and oxygen atoms in total. The summed E-state index contributed by atoms with van der Waals surface area (Å²) in [5.74, 6) is 0. The Kier molecular flexibility index (Phi) is 2.80. The first kappa shape index (κ1) is 13.1. The molecule has 0 heterocycles. The van der Waals surface area contributed by atoms with Crippen molar-refractivity contribution >= 4 is 16.3 Å². The van der Waals surface area contributed by atoms with Crippen molar-refractivity contribution in [2.45, 2.75) is 13.8 Å². The second-order valence-electron chi connectivity index (χ2n) is 5.83. The van der Waals surface area contributed by atoms with E-state index in [1.54, 1.807) is 0 Å². The molecule has 0 spiro atoms. The van der Waals surface area contributed by atoms with Gasteiger partial charge in [-0.1, -0.05) is 67.3 Å². The second-order valence-corrected chi connectivity index (χ2v) is 5.83. The molecule has 0 fully saturated rings. The smallest absolute Gasteiger partial charge is 0.00175 e. The molecule has 3 aromatic carbocycles. The maximum atomic E-state index is 3.98. The zero-order valence-electron chi connectivity index (χ0n) is 13.0. The maximum Gasteiger partial charge on any atom is -0.00175 e. The highest BCUT2D eigenvalue weighted by molar-refractivity contribution is 6.18. The molecule has 0 atom stereocenters. The Morgan fingerprint density at radius 3 is 2.05 bits per heavy atom. The molecule has 106 valence electrons. The fraction of sp³-hybridized carbons (Fsp3) is 0.0909. The average Bonchev–Trinajstić information content (AvgIpc) is 2.88. The fourth-order valence-electron chi connectivity index (χ4n) is 3.69. The van der Waals surface area contributed by atoms with Crippen LogP contribution in [0, 0.1) is 6.92 Å². The van der Waals surface area contributed by atoms with Crippen molar-refractivity contribution in [3.05, 3.63) is 78.4 Å². The Balaban J connectivity index is 2.20. The zero-order valence-corrected chi connectivity index (χ0v) is 13.0. The molecule has 0 unspecified atom stereocenters. The standard InChI is InChI=1S/C22H18/c1-4-15(5-2)16-12-13-20-18-9-7-6-8-17(18)19-11-10-14(3)21(16)22(19)20/h4-13H,1H2,2-3H3/b15-5+. The van der Waals surface area contributed by atoms with Crippen LogP contribution >= 0.6 is 0 Å². The predicted molar refractivity (Wildman–Crippen MR) is 97.0 cm³/mol. The van der Waals surface area contributed by atoms with Gasteiger partial charge < -0.3 is 0 Å². The highest BCUT2D eigenvalue weighted by Crippen LogP contribution is 2.49.